The molecule has 10 nitrogen and oxygen atoms in total. The van der Waals surface area contributed by atoms with Crippen molar-refractivity contribution in [2.24, 2.45) is 5.41 Å². The van der Waals surface area contributed by atoms with Crippen LogP contribution in [0, 0.1) is 12.3 Å². The first-order chi connectivity index (χ1) is 18.8. The average molecular weight is 553 g/mol. The van der Waals surface area contributed by atoms with E-state index >= 15 is 0 Å². The van der Waals surface area contributed by atoms with E-state index in [4.69, 9.17) is 16.3 Å². The SMILES string of the molecule is Cc1ccc(Cn2cnc(C(=O)N[C@H]3COc4ccc(N5CCC(CO)(CCl)CC5)cc4N(C)C3=O)n2)cc1. The van der Waals surface area contributed by atoms with Gasteiger partial charge in [0.05, 0.1) is 12.2 Å². The molecule has 0 saturated carbocycles. The van der Waals surface area contributed by atoms with E-state index in [-0.39, 0.29) is 30.4 Å². The highest BCUT2D eigenvalue weighted by atomic mass is 35.5. The van der Waals surface area contributed by atoms with Gasteiger partial charge in [-0.1, -0.05) is 29.8 Å². The molecular formula is C28H33ClN6O4. The van der Waals surface area contributed by atoms with Crippen molar-refractivity contribution in [3.63, 3.8) is 0 Å². The van der Waals surface area contributed by atoms with Crippen LogP contribution in [0.3, 0.4) is 0 Å². The summed E-state index contributed by atoms with van der Waals surface area (Å²) in [6, 6.07) is 12.9. The summed E-state index contributed by atoms with van der Waals surface area (Å²) in [7, 11) is 1.67. The van der Waals surface area contributed by atoms with Crippen molar-refractivity contribution in [2.75, 3.05) is 49.0 Å². The number of aliphatic hydroxyl groups excluding tert-OH is 1. The van der Waals surface area contributed by atoms with Gasteiger partial charge in [-0.05, 0) is 43.5 Å². The van der Waals surface area contributed by atoms with Crippen molar-refractivity contribution >= 4 is 34.8 Å². The molecule has 2 amide bonds. The number of aliphatic hydroxyl groups is 1. The molecule has 206 valence electrons. The average Bonchev–Trinajstić information content (AvgIpc) is 3.40. The van der Waals surface area contributed by atoms with E-state index in [0.29, 0.717) is 23.9 Å². The van der Waals surface area contributed by atoms with Crippen molar-refractivity contribution in [1.82, 2.24) is 20.1 Å². The van der Waals surface area contributed by atoms with E-state index in [1.807, 2.05) is 49.4 Å². The molecule has 5 rings (SSSR count). The van der Waals surface area contributed by atoms with Crippen LogP contribution in [-0.4, -0.2) is 77.0 Å². The predicted octanol–water partition coefficient (Wildman–Crippen LogP) is 2.61. The van der Waals surface area contributed by atoms with Crippen molar-refractivity contribution in [1.29, 1.82) is 0 Å². The van der Waals surface area contributed by atoms with E-state index in [2.05, 4.69) is 20.3 Å². The van der Waals surface area contributed by atoms with Crippen LogP contribution in [0.25, 0.3) is 0 Å². The second kappa shape index (κ2) is 11.2. The molecule has 1 saturated heterocycles. The number of nitrogens with zero attached hydrogens (tertiary/aromatic N) is 5. The molecule has 2 aliphatic heterocycles. The number of benzene rings is 2. The van der Waals surface area contributed by atoms with Crippen LogP contribution < -0.4 is 19.9 Å². The smallest absolute Gasteiger partial charge is 0.291 e. The Morgan fingerprint density at radius 3 is 2.64 bits per heavy atom. The van der Waals surface area contributed by atoms with Gasteiger partial charge in [-0.2, -0.15) is 0 Å². The minimum Gasteiger partial charge on any atom is -0.489 e. The molecule has 2 N–H and O–H groups in total. The van der Waals surface area contributed by atoms with Gasteiger partial charge in [0.1, 0.15) is 24.7 Å². The van der Waals surface area contributed by atoms with Crippen LogP contribution in [0.2, 0.25) is 0 Å². The van der Waals surface area contributed by atoms with Gasteiger partial charge in [-0.15, -0.1) is 16.7 Å². The molecular weight excluding hydrogens is 520 g/mol. The number of aryl methyl sites for hydroxylation is 1. The summed E-state index contributed by atoms with van der Waals surface area (Å²) in [5.41, 5.74) is 3.56. The second-order valence-electron chi connectivity index (χ2n) is 10.4. The van der Waals surface area contributed by atoms with Crippen LogP contribution in [0.5, 0.6) is 5.75 Å². The number of ether oxygens (including phenoxy) is 1. The number of alkyl halides is 1. The molecule has 0 bridgehead atoms. The number of hydrogen-bond donors (Lipinski definition) is 2. The van der Waals surface area contributed by atoms with E-state index < -0.39 is 11.9 Å². The van der Waals surface area contributed by atoms with Crippen LogP contribution in [-0.2, 0) is 11.3 Å². The van der Waals surface area contributed by atoms with Crippen molar-refractivity contribution in [3.05, 3.63) is 65.7 Å². The van der Waals surface area contributed by atoms with Crippen LogP contribution in [0.15, 0.2) is 48.8 Å². The van der Waals surface area contributed by atoms with Crippen molar-refractivity contribution < 1.29 is 19.4 Å². The molecule has 0 unspecified atom stereocenters. The Bertz CT molecular complexity index is 1330. The standard InChI is InChI=1S/C28H33ClN6O4/c1-19-3-5-20(6-4-19)14-35-18-30-25(32-35)26(37)31-22-15-39-24-8-7-21(13-23(24)33(2)27(22)38)34-11-9-28(16-29,17-36)10-12-34/h3-8,13,18,22,36H,9-12,14-17H2,1-2H3,(H,31,37)/t22-/m0/s1. The normalized spacial score (nSPS) is 18.8. The van der Waals surface area contributed by atoms with Crippen LogP contribution in [0.4, 0.5) is 11.4 Å². The van der Waals surface area contributed by atoms with E-state index in [1.54, 1.807) is 11.7 Å². The Balaban J connectivity index is 1.24. The summed E-state index contributed by atoms with van der Waals surface area (Å²) in [5, 5.41) is 16.8. The van der Waals surface area contributed by atoms with Gasteiger partial charge in [0.15, 0.2) is 0 Å². The summed E-state index contributed by atoms with van der Waals surface area (Å²) in [4.78, 5) is 34.1. The lowest BCUT2D eigenvalue weighted by molar-refractivity contribution is -0.120. The van der Waals surface area contributed by atoms with Gasteiger partial charge in [0, 0.05) is 43.7 Å². The number of nitrogens with one attached hydrogen (secondary N) is 1. The highest BCUT2D eigenvalue weighted by Gasteiger charge is 2.35. The molecule has 1 fully saturated rings. The fourth-order valence-corrected chi connectivity index (χ4v) is 5.29. The topological polar surface area (TPSA) is 113 Å². The van der Waals surface area contributed by atoms with Crippen LogP contribution >= 0.6 is 11.6 Å². The number of hydrogen-bond acceptors (Lipinski definition) is 7. The van der Waals surface area contributed by atoms with Crippen molar-refractivity contribution in [3.8, 4) is 5.75 Å². The third-order valence-corrected chi connectivity index (χ3v) is 8.22. The number of carbonyl (C=O) groups excluding carboxylic acids is 2. The fourth-order valence-electron chi connectivity index (χ4n) is 4.94. The number of rotatable bonds is 7. The van der Waals surface area contributed by atoms with E-state index in [9.17, 15) is 14.7 Å². The Labute approximate surface area is 232 Å². The molecule has 0 spiro atoms. The lowest BCUT2D eigenvalue weighted by Crippen LogP contribution is -2.49. The Morgan fingerprint density at radius 1 is 1.21 bits per heavy atom. The highest BCUT2D eigenvalue weighted by Crippen LogP contribution is 2.38. The zero-order valence-electron chi connectivity index (χ0n) is 22.1. The summed E-state index contributed by atoms with van der Waals surface area (Å²) in [6.45, 7) is 4.09. The van der Waals surface area contributed by atoms with E-state index in [0.717, 1.165) is 37.2 Å². The quantitative estimate of drug-likeness (QED) is 0.433. The number of piperidine rings is 1. The molecule has 2 aromatic carbocycles. The van der Waals surface area contributed by atoms with Gasteiger partial charge in [0.25, 0.3) is 11.8 Å². The first-order valence-electron chi connectivity index (χ1n) is 13.0. The summed E-state index contributed by atoms with van der Waals surface area (Å²) >= 11 is 6.13. The lowest BCUT2D eigenvalue weighted by atomic mass is 9.81. The Kier molecular flexibility index (Phi) is 7.76. The third kappa shape index (κ3) is 5.72. The van der Waals surface area contributed by atoms with Gasteiger partial charge < -0.3 is 25.0 Å². The van der Waals surface area contributed by atoms with Crippen molar-refractivity contribution in [2.45, 2.75) is 32.4 Å². The lowest BCUT2D eigenvalue weighted by Gasteiger charge is -2.40. The molecule has 11 heteroatoms. The number of fused-ring (bicyclic) bond motifs is 1. The zero-order chi connectivity index (χ0) is 27.6. The maximum absolute atomic E-state index is 13.3. The second-order valence-corrected chi connectivity index (χ2v) is 10.7. The Hall–Kier alpha value is -3.63. The number of aromatic nitrogens is 3. The largest absolute Gasteiger partial charge is 0.489 e. The number of halogens is 1. The number of likely N-dealkylation sites (N-methyl/N-ethyl adjacent to an activating group) is 1. The molecule has 3 aromatic rings. The zero-order valence-corrected chi connectivity index (χ0v) is 22.9. The van der Waals surface area contributed by atoms with Gasteiger partial charge in [0.2, 0.25) is 5.82 Å². The maximum Gasteiger partial charge on any atom is 0.291 e. The van der Waals surface area contributed by atoms with Gasteiger partial charge >= 0.3 is 0 Å². The summed E-state index contributed by atoms with van der Waals surface area (Å²) in [5.74, 6) is 0.150. The fraction of sp³-hybridized carbons (Fsp3) is 0.429. The molecule has 39 heavy (non-hydrogen) atoms. The molecule has 1 aromatic heterocycles. The Morgan fingerprint density at radius 2 is 1.95 bits per heavy atom. The minimum atomic E-state index is -0.897. The monoisotopic (exact) mass is 552 g/mol. The number of amides is 2. The van der Waals surface area contributed by atoms with Crippen LogP contribution in [0.1, 0.15) is 34.6 Å². The van der Waals surface area contributed by atoms with E-state index in [1.165, 1.54) is 16.8 Å². The first-order valence-corrected chi connectivity index (χ1v) is 13.6. The minimum absolute atomic E-state index is 0.0101. The maximum atomic E-state index is 13.3. The highest BCUT2D eigenvalue weighted by molar-refractivity contribution is 6.18. The molecule has 3 heterocycles. The molecule has 0 aliphatic carbocycles. The first kappa shape index (κ1) is 27.0. The van der Waals surface area contributed by atoms with Gasteiger partial charge in [-0.25, -0.2) is 9.67 Å². The third-order valence-electron chi connectivity index (χ3n) is 7.66. The number of anilines is 2. The van der Waals surface area contributed by atoms with Gasteiger partial charge in [-0.3, -0.25) is 9.59 Å². The summed E-state index contributed by atoms with van der Waals surface area (Å²) in [6.07, 6.45) is 3.08. The summed E-state index contributed by atoms with van der Waals surface area (Å²) < 4.78 is 7.54. The number of carbonyl (C=O) groups is 2. The molecule has 0 radical (unpaired) electrons. The predicted molar refractivity (Wildman–Crippen MR) is 149 cm³/mol. The molecule has 1 atom stereocenters. The molecule has 2 aliphatic rings.